The van der Waals surface area contributed by atoms with Gasteiger partial charge in [-0.15, -0.1) is 11.3 Å². The van der Waals surface area contributed by atoms with Gasteiger partial charge in [-0.1, -0.05) is 18.5 Å². The first kappa shape index (κ1) is 23.0. The third-order valence-corrected chi connectivity index (χ3v) is 6.57. The fourth-order valence-corrected chi connectivity index (χ4v) is 4.79. The normalized spacial score (nSPS) is 11.0. The monoisotopic (exact) mass is 481 g/mol. The summed E-state index contributed by atoms with van der Waals surface area (Å²) in [6.07, 6.45) is 2.65. The molecule has 4 aromatic rings. The van der Waals surface area contributed by atoms with E-state index in [1.165, 1.54) is 18.4 Å². The highest BCUT2D eigenvalue weighted by Gasteiger charge is 2.26. The number of H-pyrrole nitrogens is 1. The number of amides is 1. The van der Waals surface area contributed by atoms with Gasteiger partial charge < -0.3 is 9.72 Å². The molecule has 2 heterocycles. The minimum Gasteiger partial charge on any atom is -0.496 e. The molecule has 0 bridgehead atoms. The second kappa shape index (κ2) is 9.77. The highest BCUT2D eigenvalue weighted by molar-refractivity contribution is 7.13. The first-order chi connectivity index (χ1) is 15.9. The summed E-state index contributed by atoms with van der Waals surface area (Å²) in [6, 6.07) is 10.4. The molecule has 2 aromatic carbocycles. The van der Waals surface area contributed by atoms with Crippen LogP contribution in [0.2, 0.25) is 5.02 Å². The van der Waals surface area contributed by atoms with Gasteiger partial charge >= 0.3 is 0 Å². The molecular weight excluding hydrogens is 458 g/mol. The Kier molecular flexibility index (Phi) is 6.81. The third kappa shape index (κ3) is 4.51. The van der Waals surface area contributed by atoms with Gasteiger partial charge in [0.15, 0.2) is 10.9 Å². The Labute approximate surface area is 201 Å². The van der Waals surface area contributed by atoms with Gasteiger partial charge in [-0.3, -0.25) is 14.5 Å². The Bertz CT molecular complexity index is 1300. The van der Waals surface area contributed by atoms with Gasteiger partial charge in [-0.05, 0) is 55.3 Å². The number of carbonyl (C=O) groups is 2. The van der Waals surface area contributed by atoms with E-state index in [4.69, 9.17) is 16.3 Å². The van der Waals surface area contributed by atoms with Crippen LogP contribution in [0.4, 0.5) is 5.13 Å². The number of nitrogens with one attached hydrogen (secondary N) is 1. The van der Waals surface area contributed by atoms with Crippen LogP contribution in [0, 0.1) is 6.92 Å². The summed E-state index contributed by atoms with van der Waals surface area (Å²) in [5, 5.41) is 3.79. The van der Waals surface area contributed by atoms with Crippen molar-refractivity contribution in [1.29, 1.82) is 0 Å². The number of anilines is 1. The second-order valence-electron chi connectivity index (χ2n) is 7.67. The van der Waals surface area contributed by atoms with Crippen LogP contribution in [0.15, 0.2) is 48.0 Å². The van der Waals surface area contributed by atoms with Crippen molar-refractivity contribution in [1.82, 2.24) is 9.97 Å². The van der Waals surface area contributed by atoms with Crippen LogP contribution < -0.4 is 9.64 Å². The first-order valence-electron chi connectivity index (χ1n) is 10.6. The molecule has 0 radical (unpaired) electrons. The van der Waals surface area contributed by atoms with E-state index in [0.29, 0.717) is 39.0 Å². The predicted molar refractivity (Wildman–Crippen MR) is 133 cm³/mol. The number of fused-ring (bicyclic) bond motifs is 1. The number of aromatic amines is 1. The van der Waals surface area contributed by atoms with Gasteiger partial charge in [0, 0.05) is 45.3 Å². The SMILES string of the molecule is CCCN(C(=O)Cc1c(C)[nH]c2ccc(OC)c(C(=O)c3ccc(Cl)cc3)c12)c1nccs1. The van der Waals surface area contributed by atoms with Crippen molar-refractivity contribution in [2.75, 3.05) is 18.6 Å². The van der Waals surface area contributed by atoms with Gasteiger partial charge in [-0.2, -0.15) is 0 Å². The molecule has 0 atom stereocenters. The Morgan fingerprint density at radius 3 is 2.58 bits per heavy atom. The van der Waals surface area contributed by atoms with E-state index in [1.54, 1.807) is 41.4 Å². The zero-order valence-corrected chi connectivity index (χ0v) is 20.2. The average molecular weight is 482 g/mol. The minimum absolute atomic E-state index is 0.0662. The van der Waals surface area contributed by atoms with Crippen molar-refractivity contribution < 1.29 is 14.3 Å². The van der Waals surface area contributed by atoms with Crippen molar-refractivity contribution in [2.24, 2.45) is 0 Å². The number of halogens is 1. The number of ketones is 1. The van der Waals surface area contributed by atoms with Crippen LogP contribution in [0.1, 0.15) is 40.5 Å². The molecular formula is C25H24ClN3O3S. The fourth-order valence-electron chi connectivity index (χ4n) is 3.97. The van der Waals surface area contributed by atoms with E-state index >= 15 is 0 Å². The molecule has 170 valence electrons. The molecule has 0 spiro atoms. The first-order valence-corrected chi connectivity index (χ1v) is 11.9. The number of nitrogens with zero attached hydrogens (tertiary/aromatic N) is 2. The van der Waals surface area contributed by atoms with Gasteiger partial charge in [0.2, 0.25) is 5.91 Å². The van der Waals surface area contributed by atoms with E-state index in [0.717, 1.165) is 23.2 Å². The molecule has 0 aliphatic carbocycles. The second-order valence-corrected chi connectivity index (χ2v) is 8.98. The molecule has 4 rings (SSSR count). The van der Waals surface area contributed by atoms with Gasteiger partial charge in [0.25, 0.3) is 0 Å². The van der Waals surface area contributed by atoms with Crippen LogP contribution in [0.3, 0.4) is 0 Å². The molecule has 8 heteroatoms. The molecule has 0 saturated heterocycles. The number of thiazole rings is 1. The van der Waals surface area contributed by atoms with Crippen molar-refractivity contribution in [3.8, 4) is 5.75 Å². The van der Waals surface area contributed by atoms with Crippen LogP contribution in [0.25, 0.3) is 10.9 Å². The number of hydrogen-bond donors (Lipinski definition) is 1. The van der Waals surface area contributed by atoms with Crippen molar-refractivity contribution in [3.05, 3.63) is 75.4 Å². The third-order valence-electron chi connectivity index (χ3n) is 5.52. The number of benzene rings is 2. The lowest BCUT2D eigenvalue weighted by atomic mass is 9.95. The number of aromatic nitrogens is 2. The van der Waals surface area contributed by atoms with Crippen molar-refractivity contribution in [2.45, 2.75) is 26.7 Å². The maximum atomic E-state index is 13.6. The lowest BCUT2D eigenvalue weighted by Crippen LogP contribution is -2.33. The number of methoxy groups -OCH3 is 1. The van der Waals surface area contributed by atoms with E-state index in [2.05, 4.69) is 9.97 Å². The number of rotatable bonds is 8. The summed E-state index contributed by atoms with van der Waals surface area (Å²) in [6.45, 7) is 4.52. The smallest absolute Gasteiger partial charge is 0.233 e. The molecule has 1 N–H and O–H groups in total. The molecule has 2 aromatic heterocycles. The maximum Gasteiger partial charge on any atom is 0.233 e. The summed E-state index contributed by atoms with van der Waals surface area (Å²) in [7, 11) is 1.54. The molecule has 6 nitrogen and oxygen atoms in total. The van der Waals surface area contributed by atoms with E-state index in [-0.39, 0.29) is 18.1 Å². The van der Waals surface area contributed by atoms with E-state index in [1.807, 2.05) is 25.3 Å². The van der Waals surface area contributed by atoms with E-state index < -0.39 is 0 Å². The molecule has 0 aliphatic heterocycles. The zero-order chi connectivity index (χ0) is 23.5. The Hall–Kier alpha value is -3.16. The summed E-state index contributed by atoms with van der Waals surface area (Å²) in [5.74, 6) is 0.205. The Morgan fingerprint density at radius 1 is 1.18 bits per heavy atom. The standard InChI is InChI=1S/C25H24ClN3O3S/c1-4-12-29(25-27-11-13-33-25)21(30)14-18-15(2)28-19-9-10-20(32-3)23(22(18)19)24(31)16-5-7-17(26)8-6-16/h5-11,13,28H,4,12,14H2,1-3H3. The quantitative estimate of drug-likeness (QED) is 0.322. The highest BCUT2D eigenvalue weighted by Crippen LogP contribution is 2.35. The number of aryl methyl sites for hydroxylation is 1. The van der Waals surface area contributed by atoms with Crippen molar-refractivity contribution >= 4 is 50.7 Å². The van der Waals surface area contributed by atoms with Gasteiger partial charge in [0.05, 0.1) is 19.1 Å². The molecule has 0 fully saturated rings. The van der Waals surface area contributed by atoms with Crippen LogP contribution in [0.5, 0.6) is 5.75 Å². The largest absolute Gasteiger partial charge is 0.496 e. The molecule has 0 unspecified atom stereocenters. The minimum atomic E-state index is -0.188. The summed E-state index contributed by atoms with van der Waals surface area (Å²) < 4.78 is 5.57. The van der Waals surface area contributed by atoms with Crippen LogP contribution in [-0.2, 0) is 11.2 Å². The maximum absolute atomic E-state index is 13.6. The number of carbonyl (C=O) groups excluding carboxylic acids is 2. The zero-order valence-electron chi connectivity index (χ0n) is 18.6. The molecule has 1 amide bonds. The Morgan fingerprint density at radius 2 is 1.94 bits per heavy atom. The number of ether oxygens (including phenoxy) is 1. The lowest BCUT2D eigenvalue weighted by molar-refractivity contribution is -0.118. The molecule has 0 aliphatic rings. The van der Waals surface area contributed by atoms with Crippen LogP contribution in [-0.4, -0.2) is 35.3 Å². The lowest BCUT2D eigenvalue weighted by Gasteiger charge is -2.19. The molecule has 0 saturated carbocycles. The van der Waals surface area contributed by atoms with Crippen LogP contribution >= 0.6 is 22.9 Å². The average Bonchev–Trinajstić information content (AvgIpc) is 3.45. The predicted octanol–water partition coefficient (Wildman–Crippen LogP) is 5.81. The fraction of sp³-hybridized carbons (Fsp3) is 0.240. The summed E-state index contributed by atoms with van der Waals surface area (Å²) in [4.78, 5) is 36.3. The topological polar surface area (TPSA) is 75.3 Å². The Balaban J connectivity index is 1.82. The summed E-state index contributed by atoms with van der Waals surface area (Å²) in [5.41, 5.74) is 3.33. The number of hydrogen-bond acceptors (Lipinski definition) is 5. The van der Waals surface area contributed by atoms with Crippen molar-refractivity contribution in [3.63, 3.8) is 0 Å². The van der Waals surface area contributed by atoms with Gasteiger partial charge in [0.1, 0.15) is 5.75 Å². The molecule has 33 heavy (non-hydrogen) atoms. The highest BCUT2D eigenvalue weighted by atomic mass is 35.5. The summed E-state index contributed by atoms with van der Waals surface area (Å²) >= 11 is 7.45. The van der Waals surface area contributed by atoms with Gasteiger partial charge in [-0.25, -0.2) is 4.98 Å². The van der Waals surface area contributed by atoms with E-state index in [9.17, 15) is 9.59 Å².